The topological polar surface area (TPSA) is 97.9 Å². The van der Waals surface area contributed by atoms with Crippen LogP contribution in [0.5, 0.6) is 0 Å². The van der Waals surface area contributed by atoms with Crippen molar-refractivity contribution in [3.8, 4) is 0 Å². The number of carbonyl (C=O) groups excluding carboxylic acids is 1. The molecule has 7 nitrogen and oxygen atoms in total. The van der Waals surface area contributed by atoms with Crippen LogP contribution in [0.1, 0.15) is 61.1 Å². The Kier molecular flexibility index (Phi) is 8.71. The Balaban J connectivity index is 0.000000357. The van der Waals surface area contributed by atoms with Gasteiger partial charge in [-0.1, -0.05) is 43.7 Å². The second-order valence-electron chi connectivity index (χ2n) is 8.39. The maximum atomic E-state index is 10.0. The summed E-state index contributed by atoms with van der Waals surface area (Å²) in [7, 11) is 2.00. The Bertz CT molecular complexity index is 994. The fourth-order valence-corrected chi connectivity index (χ4v) is 3.32. The van der Waals surface area contributed by atoms with Gasteiger partial charge in [0.15, 0.2) is 5.82 Å². The van der Waals surface area contributed by atoms with Crippen molar-refractivity contribution >= 4 is 23.1 Å². The molecule has 0 atom stereocenters. The van der Waals surface area contributed by atoms with Crippen LogP contribution in [-0.2, 0) is 13.0 Å². The molecular weight excluding hydrogens is 388 g/mol. The number of fused-ring (bicyclic) bond motifs is 1. The van der Waals surface area contributed by atoms with Crippen molar-refractivity contribution in [1.82, 2.24) is 19.9 Å². The first-order chi connectivity index (χ1) is 14.8. The number of imidazole rings is 1. The molecule has 0 saturated heterocycles. The van der Waals surface area contributed by atoms with Crippen molar-refractivity contribution in [1.29, 1.82) is 0 Å². The number of pyridine rings is 1. The standard InChI is InChI=1S/C17H30N6.C7H6O/c1-7-8-9-13-21-14-15(23(13)10-17(4,5)19-6)11(2)12(3)20-16(14)22-18;8-6-7-4-2-1-3-5-7/h19H,7-10,18H2,1-6H3,(H,20,22);1-6H. The van der Waals surface area contributed by atoms with E-state index in [0.717, 1.165) is 60.2 Å². The quantitative estimate of drug-likeness (QED) is 0.285. The molecule has 7 heteroatoms. The maximum absolute atomic E-state index is 10.0. The number of nitrogens with zero attached hydrogens (tertiary/aromatic N) is 3. The number of aldehydes is 1. The molecule has 0 bridgehead atoms. The van der Waals surface area contributed by atoms with Crippen molar-refractivity contribution in [2.24, 2.45) is 5.84 Å². The lowest BCUT2D eigenvalue weighted by Gasteiger charge is -2.26. The number of nitrogens with two attached hydrogens (primary N) is 1. The average Bonchev–Trinajstić information content (AvgIpc) is 3.13. The van der Waals surface area contributed by atoms with Gasteiger partial charge in [-0.3, -0.25) is 4.79 Å². The third kappa shape index (κ3) is 6.12. The lowest BCUT2D eigenvalue weighted by atomic mass is 10.1. The number of anilines is 1. The second kappa shape index (κ2) is 11.0. The van der Waals surface area contributed by atoms with Crippen molar-refractivity contribution in [2.45, 2.75) is 66.0 Å². The van der Waals surface area contributed by atoms with E-state index in [0.29, 0.717) is 5.82 Å². The molecule has 3 aromatic rings. The molecule has 0 aliphatic rings. The number of benzene rings is 1. The Morgan fingerprint density at radius 3 is 2.35 bits per heavy atom. The largest absolute Gasteiger partial charge is 0.326 e. The van der Waals surface area contributed by atoms with Crippen LogP contribution in [0.15, 0.2) is 30.3 Å². The van der Waals surface area contributed by atoms with Gasteiger partial charge in [0.2, 0.25) is 0 Å². The summed E-state index contributed by atoms with van der Waals surface area (Å²) in [5.41, 5.74) is 7.58. The molecule has 4 N–H and O–H groups in total. The van der Waals surface area contributed by atoms with E-state index in [1.165, 1.54) is 5.56 Å². The molecule has 3 rings (SSSR count). The van der Waals surface area contributed by atoms with Gasteiger partial charge < -0.3 is 15.3 Å². The molecule has 31 heavy (non-hydrogen) atoms. The van der Waals surface area contributed by atoms with Crippen LogP contribution in [0.3, 0.4) is 0 Å². The first-order valence-electron chi connectivity index (χ1n) is 10.8. The zero-order chi connectivity index (χ0) is 23.0. The van der Waals surface area contributed by atoms with Crippen LogP contribution < -0.4 is 16.6 Å². The molecule has 0 radical (unpaired) electrons. The number of likely N-dealkylation sites (N-methyl/N-ethyl adjacent to an activating group) is 1. The number of hydrogen-bond acceptors (Lipinski definition) is 6. The van der Waals surface area contributed by atoms with E-state index in [1.54, 1.807) is 12.1 Å². The van der Waals surface area contributed by atoms with Crippen molar-refractivity contribution in [2.75, 3.05) is 12.5 Å². The molecule has 0 unspecified atom stereocenters. The zero-order valence-electron chi connectivity index (χ0n) is 19.6. The van der Waals surface area contributed by atoms with Crippen LogP contribution in [0, 0.1) is 13.8 Å². The van der Waals surface area contributed by atoms with E-state index in [-0.39, 0.29) is 5.54 Å². The Labute approximate surface area is 185 Å². The predicted octanol–water partition coefficient (Wildman–Crippen LogP) is 4.17. The number of nitrogens with one attached hydrogen (secondary N) is 2. The summed E-state index contributed by atoms with van der Waals surface area (Å²) in [6.07, 6.45) is 4.07. The molecule has 0 saturated carbocycles. The van der Waals surface area contributed by atoms with Gasteiger partial charge in [0, 0.05) is 29.8 Å². The molecule has 0 fully saturated rings. The van der Waals surface area contributed by atoms with Crippen molar-refractivity contribution in [3.63, 3.8) is 0 Å². The number of rotatable bonds is 8. The molecule has 168 valence electrons. The third-order valence-corrected chi connectivity index (χ3v) is 5.50. The third-order valence-electron chi connectivity index (χ3n) is 5.50. The van der Waals surface area contributed by atoms with Crippen LogP contribution in [0.4, 0.5) is 5.82 Å². The van der Waals surface area contributed by atoms with Gasteiger partial charge in [0.05, 0.1) is 5.52 Å². The normalized spacial score (nSPS) is 11.2. The van der Waals surface area contributed by atoms with Gasteiger partial charge in [0.25, 0.3) is 0 Å². The van der Waals surface area contributed by atoms with Gasteiger partial charge >= 0.3 is 0 Å². The van der Waals surface area contributed by atoms with Crippen LogP contribution in [0.2, 0.25) is 0 Å². The highest BCUT2D eigenvalue weighted by Crippen LogP contribution is 2.29. The highest BCUT2D eigenvalue weighted by atomic mass is 16.1. The fraction of sp³-hybridized carbons (Fsp3) is 0.458. The van der Waals surface area contributed by atoms with Crippen molar-refractivity contribution < 1.29 is 4.79 Å². The lowest BCUT2D eigenvalue weighted by molar-refractivity contribution is 0.112. The average molecular weight is 425 g/mol. The van der Waals surface area contributed by atoms with E-state index >= 15 is 0 Å². The highest BCUT2D eigenvalue weighted by Gasteiger charge is 2.23. The highest BCUT2D eigenvalue weighted by molar-refractivity contribution is 5.89. The minimum atomic E-state index is -0.0193. The first kappa shape index (κ1) is 24.5. The summed E-state index contributed by atoms with van der Waals surface area (Å²) in [6.45, 7) is 11.6. The SMILES string of the molecule is CCCCc1nc2c(NN)nc(C)c(C)c2n1CC(C)(C)NC.O=Cc1ccccc1. The first-order valence-corrected chi connectivity index (χ1v) is 10.8. The van der Waals surface area contributed by atoms with E-state index in [1.807, 2.05) is 32.2 Å². The number of unbranched alkanes of at least 4 members (excludes halogenated alkanes) is 1. The number of hydrazine groups is 1. The summed E-state index contributed by atoms with van der Waals surface area (Å²) < 4.78 is 2.34. The Morgan fingerprint density at radius 1 is 1.16 bits per heavy atom. The molecule has 0 aliphatic carbocycles. The summed E-state index contributed by atoms with van der Waals surface area (Å²) in [5, 5.41) is 3.39. The van der Waals surface area contributed by atoms with Gasteiger partial charge in [0.1, 0.15) is 17.6 Å². The maximum Gasteiger partial charge on any atom is 0.168 e. The summed E-state index contributed by atoms with van der Waals surface area (Å²) in [6, 6.07) is 9.10. The monoisotopic (exact) mass is 424 g/mol. The predicted molar refractivity (Wildman–Crippen MR) is 128 cm³/mol. The summed E-state index contributed by atoms with van der Waals surface area (Å²) in [5.74, 6) is 7.44. The van der Waals surface area contributed by atoms with E-state index in [4.69, 9.17) is 10.8 Å². The summed E-state index contributed by atoms with van der Waals surface area (Å²) >= 11 is 0. The number of hydrogen-bond donors (Lipinski definition) is 3. The Hall–Kier alpha value is -2.77. The summed E-state index contributed by atoms with van der Waals surface area (Å²) in [4.78, 5) is 19.4. The van der Waals surface area contributed by atoms with Gasteiger partial charge in [-0.2, -0.15) is 0 Å². The second-order valence-corrected chi connectivity index (χ2v) is 8.39. The van der Waals surface area contributed by atoms with Gasteiger partial charge in [-0.15, -0.1) is 0 Å². The molecule has 0 spiro atoms. The van der Waals surface area contributed by atoms with E-state index in [2.05, 4.69) is 48.0 Å². The Morgan fingerprint density at radius 2 is 1.84 bits per heavy atom. The molecule has 0 aliphatic heterocycles. The number of aromatic nitrogens is 3. The molecule has 2 heterocycles. The van der Waals surface area contributed by atoms with Crippen LogP contribution >= 0.6 is 0 Å². The van der Waals surface area contributed by atoms with Crippen LogP contribution in [0.25, 0.3) is 11.0 Å². The molecular formula is C24H36N6O. The molecule has 1 aromatic carbocycles. The van der Waals surface area contributed by atoms with Gasteiger partial charge in [-0.25, -0.2) is 15.8 Å². The molecule has 2 aromatic heterocycles. The number of nitrogen functional groups attached to an aromatic ring is 1. The smallest absolute Gasteiger partial charge is 0.168 e. The van der Waals surface area contributed by atoms with Crippen LogP contribution in [-0.4, -0.2) is 33.4 Å². The van der Waals surface area contributed by atoms with Crippen molar-refractivity contribution in [3.05, 3.63) is 53.0 Å². The molecule has 0 amide bonds. The number of aryl methyl sites for hydroxylation is 3. The minimum absolute atomic E-state index is 0.0193. The van der Waals surface area contributed by atoms with E-state index in [9.17, 15) is 4.79 Å². The zero-order valence-corrected chi connectivity index (χ0v) is 19.6. The lowest BCUT2D eigenvalue weighted by Crippen LogP contribution is -2.40. The van der Waals surface area contributed by atoms with Gasteiger partial charge in [-0.05, 0) is 46.7 Å². The van der Waals surface area contributed by atoms with E-state index < -0.39 is 0 Å². The number of carbonyl (C=O) groups is 1. The minimum Gasteiger partial charge on any atom is -0.326 e. The fourth-order valence-electron chi connectivity index (χ4n) is 3.32.